The minimum absolute atomic E-state index is 0. The van der Waals surface area contributed by atoms with Crippen molar-refractivity contribution in [2.24, 2.45) is 0 Å². The SMILES string of the molecule is C.CN(C)[B]N(C)C. The fourth-order valence-corrected chi connectivity index (χ4v) is 0.462. The van der Waals surface area contributed by atoms with Gasteiger partial charge in [0.25, 0.3) is 0 Å². The van der Waals surface area contributed by atoms with Crippen LogP contribution in [0.1, 0.15) is 7.43 Å². The molecule has 0 heterocycles. The van der Waals surface area contributed by atoms with Gasteiger partial charge in [0.05, 0.1) is 0 Å². The zero-order valence-corrected chi connectivity index (χ0v) is 5.47. The van der Waals surface area contributed by atoms with Crippen LogP contribution in [-0.4, -0.2) is 45.4 Å². The second-order valence-electron chi connectivity index (χ2n) is 2.04. The van der Waals surface area contributed by atoms with Crippen LogP contribution < -0.4 is 0 Å². The van der Waals surface area contributed by atoms with Crippen LogP contribution in [0.2, 0.25) is 0 Å². The molecule has 0 N–H and O–H groups in total. The maximum absolute atomic E-state index is 2.00. The van der Waals surface area contributed by atoms with Crippen molar-refractivity contribution in [1.82, 2.24) is 9.62 Å². The molecule has 0 aliphatic carbocycles. The monoisotopic (exact) mass is 115 g/mol. The fourth-order valence-electron chi connectivity index (χ4n) is 0.462. The zero-order chi connectivity index (χ0) is 5.86. The lowest BCUT2D eigenvalue weighted by Crippen LogP contribution is -2.31. The maximum atomic E-state index is 2.00. The molecule has 0 amide bonds. The lowest BCUT2D eigenvalue weighted by Gasteiger charge is -2.12. The van der Waals surface area contributed by atoms with Crippen molar-refractivity contribution in [2.45, 2.75) is 7.43 Å². The number of hydrogen-bond donors (Lipinski definition) is 0. The predicted octanol–water partition coefficient (Wildman–Crippen LogP) is 0.280. The quantitative estimate of drug-likeness (QED) is 0.477. The van der Waals surface area contributed by atoms with Gasteiger partial charge in [-0.15, -0.1) is 0 Å². The van der Waals surface area contributed by atoms with Crippen LogP contribution >= 0.6 is 0 Å². The van der Waals surface area contributed by atoms with Gasteiger partial charge in [0.2, 0.25) is 0 Å². The van der Waals surface area contributed by atoms with E-state index in [2.05, 4.69) is 0 Å². The summed E-state index contributed by atoms with van der Waals surface area (Å²) in [5.74, 6) is 0. The Morgan fingerprint density at radius 2 is 1.12 bits per heavy atom. The second-order valence-corrected chi connectivity index (χ2v) is 2.04. The first-order chi connectivity index (χ1) is 3.13. The van der Waals surface area contributed by atoms with Crippen LogP contribution in [-0.2, 0) is 0 Å². The van der Waals surface area contributed by atoms with Gasteiger partial charge in [-0.25, -0.2) is 0 Å². The van der Waals surface area contributed by atoms with E-state index in [9.17, 15) is 0 Å². The predicted molar refractivity (Wildman–Crippen MR) is 39.9 cm³/mol. The second kappa shape index (κ2) is 5.13. The highest BCUT2D eigenvalue weighted by atomic mass is 15.1. The first-order valence-corrected chi connectivity index (χ1v) is 2.31. The van der Waals surface area contributed by atoms with E-state index >= 15 is 0 Å². The van der Waals surface area contributed by atoms with E-state index in [1.165, 1.54) is 0 Å². The summed E-state index contributed by atoms with van der Waals surface area (Å²) in [6.07, 6.45) is 0. The molecule has 0 aromatic rings. The van der Waals surface area contributed by atoms with Crippen LogP contribution in [0.5, 0.6) is 0 Å². The highest BCUT2D eigenvalue weighted by molar-refractivity contribution is 6.27. The summed E-state index contributed by atoms with van der Waals surface area (Å²) in [5, 5.41) is 0. The Labute approximate surface area is 53.8 Å². The van der Waals surface area contributed by atoms with Crippen molar-refractivity contribution in [3.8, 4) is 0 Å². The summed E-state index contributed by atoms with van der Waals surface area (Å²) in [6, 6.07) is 0. The van der Waals surface area contributed by atoms with Gasteiger partial charge in [0.15, 0.2) is 0 Å². The third-order valence-corrected chi connectivity index (χ3v) is 0.462. The van der Waals surface area contributed by atoms with Gasteiger partial charge in [0, 0.05) is 0 Å². The Kier molecular flexibility index (Phi) is 6.97. The Hall–Kier alpha value is -0.0151. The van der Waals surface area contributed by atoms with Gasteiger partial charge in [-0.1, -0.05) is 7.43 Å². The Bertz CT molecular complexity index is 39.7. The normalized spacial score (nSPS) is 9.25. The highest BCUT2D eigenvalue weighted by Gasteiger charge is 1.93. The molecule has 49 valence electrons. The highest BCUT2D eigenvalue weighted by Crippen LogP contribution is 1.70. The fraction of sp³-hybridized carbons (Fsp3) is 1.00. The largest absolute Gasteiger partial charge is 0.337 e. The van der Waals surface area contributed by atoms with Crippen molar-refractivity contribution in [1.29, 1.82) is 0 Å². The minimum Gasteiger partial charge on any atom is -0.337 e. The van der Waals surface area contributed by atoms with Crippen molar-refractivity contribution in [2.75, 3.05) is 28.2 Å². The molecule has 3 heteroatoms. The molecule has 2 nitrogen and oxygen atoms in total. The molecule has 0 atom stereocenters. The van der Waals surface area contributed by atoms with E-state index in [4.69, 9.17) is 0 Å². The Morgan fingerprint density at radius 3 is 1.12 bits per heavy atom. The summed E-state index contributed by atoms with van der Waals surface area (Å²) in [5.41, 5.74) is 0. The van der Waals surface area contributed by atoms with Gasteiger partial charge >= 0.3 is 7.55 Å². The van der Waals surface area contributed by atoms with Gasteiger partial charge in [-0.3, -0.25) is 0 Å². The van der Waals surface area contributed by atoms with E-state index in [0.717, 1.165) is 0 Å². The van der Waals surface area contributed by atoms with E-state index < -0.39 is 0 Å². The smallest absolute Gasteiger partial charge is 0.312 e. The third-order valence-electron chi connectivity index (χ3n) is 0.462. The molecule has 0 rings (SSSR count). The number of rotatable bonds is 2. The van der Waals surface area contributed by atoms with Crippen LogP contribution in [0.25, 0.3) is 0 Å². The van der Waals surface area contributed by atoms with E-state index in [1.807, 2.05) is 45.4 Å². The molecular formula is C5H16BN2. The summed E-state index contributed by atoms with van der Waals surface area (Å²) in [6.45, 7) is 0. The molecule has 1 radical (unpaired) electrons. The van der Waals surface area contributed by atoms with Crippen LogP contribution in [0, 0.1) is 0 Å². The molecule has 0 fully saturated rings. The van der Waals surface area contributed by atoms with Crippen LogP contribution in [0.15, 0.2) is 0 Å². The first kappa shape index (κ1) is 10.9. The molecule has 0 aliphatic heterocycles. The molecule has 0 aromatic carbocycles. The van der Waals surface area contributed by atoms with Gasteiger partial charge in [-0.05, 0) is 28.2 Å². The van der Waals surface area contributed by atoms with Crippen molar-refractivity contribution in [3.63, 3.8) is 0 Å². The van der Waals surface area contributed by atoms with E-state index in [-0.39, 0.29) is 7.43 Å². The minimum atomic E-state index is 0. The average molecular weight is 115 g/mol. The van der Waals surface area contributed by atoms with Crippen molar-refractivity contribution < 1.29 is 0 Å². The third kappa shape index (κ3) is 9.37. The molecule has 0 saturated heterocycles. The first-order valence-electron chi connectivity index (χ1n) is 2.31. The van der Waals surface area contributed by atoms with Crippen LogP contribution in [0.4, 0.5) is 0 Å². The van der Waals surface area contributed by atoms with E-state index in [0.29, 0.717) is 0 Å². The Balaban J connectivity index is 0. The van der Waals surface area contributed by atoms with Crippen LogP contribution in [0.3, 0.4) is 0 Å². The van der Waals surface area contributed by atoms with Crippen molar-refractivity contribution in [3.05, 3.63) is 0 Å². The standard InChI is InChI=1S/C4H12BN2.CH4/c1-6(2)5-7(3)4;/h1-4H3;1H4. The van der Waals surface area contributed by atoms with Gasteiger partial charge in [-0.2, -0.15) is 0 Å². The molecule has 0 bridgehead atoms. The number of hydrogen-bond acceptors (Lipinski definition) is 2. The molecule has 0 aliphatic rings. The maximum Gasteiger partial charge on any atom is 0.312 e. The Morgan fingerprint density at radius 1 is 0.875 bits per heavy atom. The zero-order valence-electron chi connectivity index (χ0n) is 5.47. The average Bonchev–Trinajstić information content (AvgIpc) is 1.27. The lowest BCUT2D eigenvalue weighted by molar-refractivity contribution is 0.549. The summed E-state index contributed by atoms with van der Waals surface area (Å²) < 4.78 is 0. The summed E-state index contributed by atoms with van der Waals surface area (Å²) in [4.78, 5) is 4.00. The number of nitrogens with zero attached hydrogens (tertiary/aromatic N) is 2. The van der Waals surface area contributed by atoms with Crippen molar-refractivity contribution >= 4 is 7.55 Å². The van der Waals surface area contributed by atoms with E-state index in [1.54, 1.807) is 0 Å². The topological polar surface area (TPSA) is 6.48 Å². The van der Waals surface area contributed by atoms with Gasteiger partial charge < -0.3 is 9.62 Å². The molecule has 0 unspecified atom stereocenters. The molecule has 0 saturated carbocycles. The molecule has 0 aromatic heterocycles. The summed E-state index contributed by atoms with van der Waals surface area (Å²) in [7, 11) is 10.0. The van der Waals surface area contributed by atoms with Gasteiger partial charge in [0.1, 0.15) is 0 Å². The molecular weight excluding hydrogens is 98.9 g/mol. The molecule has 8 heavy (non-hydrogen) atoms. The molecule has 0 spiro atoms. The lowest BCUT2D eigenvalue weighted by atomic mass is 10.1. The summed E-state index contributed by atoms with van der Waals surface area (Å²) >= 11 is 0.